The zero-order chi connectivity index (χ0) is 24.5. The Morgan fingerprint density at radius 1 is 1.06 bits per heavy atom. The van der Waals surface area contributed by atoms with E-state index < -0.39 is 25.4 Å². The Morgan fingerprint density at radius 2 is 1.76 bits per heavy atom. The summed E-state index contributed by atoms with van der Waals surface area (Å²) in [4.78, 5) is 27.9. The highest BCUT2D eigenvalue weighted by Gasteiger charge is 2.35. The average molecular weight is 480 g/mol. The third kappa shape index (κ3) is 5.13. The fourth-order valence-electron chi connectivity index (χ4n) is 3.24. The molecule has 1 aliphatic heterocycles. The van der Waals surface area contributed by atoms with E-state index in [1.807, 2.05) is 19.1 Å². The van der Waals surface area contributed by atoms with Gasteiger partial charge in [-0.25, -0.2) is 19.7 Å². The molecule has 0 unspecified atom stereocenters. The maximum atomic E-state index is 13.5. The minimum atomic E-state index is -4.50. The van der Waals surface area contributed by atoms with Crippen molar-refractivity contribution in [2.75, 3.05) is 21.7 Å². The van der Waals surface area contributed by atoms with Gasteiger partial charge in [-0.3, -0.25) is 4.90 Å². The molecule has 0 atom stereocenters. The highest BCUT2D eigenvalue weighted by atomic mass is 19.4. The van der Waals surface area contributed by atoms with Crippen LogP contribution in [0.25, 0.3) is 0 Å². The first kappa shape index (κ1) is 23.1. The Bertz CT molecular complexity index is 1170. The number of urea groups is 1. The van der Waals surface area contributed by atoms with Gasteiger partial charge < -0.3 is 10.1 Å². The predicted molar refractivity (Wildman–Crippen MR) is 112 cm³/mol. The first-order valence-corrected chi connectivity index (χ1v) is 9.86. The van der Waals surface area contributed by atoms with Crippen LogP contribution in [0.5, 0.6) is 5.88 Å². The summed E-state index contributed by atoms with van der Waals surface area (Å²) >= 11 is 0. The average Bonchev–Trinajstić information content (AvgIpc) is 2.78. The molecule has 1 N–H and O–H groups in total. The van der Waals surface area contributed by atoms with E-state index in [0.717, 1.165) is 22.7 Å². The number of halogens is 5. The summed E-state index contributed by atoms with van der Waals surface area (Å²) in [5.41, 5.74) is 2.14. The molecule has 0 saturated carbocycles. The van der Waals surface area contributed by atoms with Gasteiger partial charge in [0.05, 0.1) is 18.4 Å². The lowest BCUT2D eigenvalue weighted by atomic mass is 10.1. The van der Waals surface area contributed by atoms with Crippen molar-refractivity contribution in [3.63, 3.8) is 0 Å². The van der Waals surface area contributed by atoms with E-state index in [1.54, 1.807) is 12.1 Å². The van der Waals surface area contributed by atoms with Gasteiger partial charge in [-0.1, -0.05) is 17.7 Å². The fraction of sp³-hybridized carbons (Fsp3) is 0.238. The number of anilines is 4. The molecule has 178 valence electrons. The van der Waals surface area contributed by atoms with Gasteiger partial charge in [0.15, 0.2) is 5.82 Å². The second-order valence-corrected chi connectivity index (χ2v) is 7.28. The first-order valence-electron chi connectivity index (χ1n) is 9.86. The number of carbonyl (C=O) groups is 1. The van der Waals surface area contributed by atoms with Crippen LogP contribution < -0.4 is 19.9 Å². The minimum Gasteiger partial charge on any atom is -0.417 e. The molecule has 3 aromatic rings. The summed E-state index contributed by atoms with van der Waals surface area (Å²) in [5.74, 6) is -0.658. The van der Waals surface area contributed by atoms with Crippen LogP contribution in [0.3, 0.4) is 0 Å². The molecule has 1 aliphatic rings. The number of nitrogens with one attached hydrogen (secondary N) is 1. The Balaban J connectivity index is 1.74. The van der Waals surface area contributed by atoms with Crippen molar-refractivity contribution in [3.8, 4) is 5.88 Å². The van der Waals surface area contributed by atoms with Crippen molar-refractivity contribution >= 4 is 29.2 Å². The maximum absolute atomic E-state index is 13.5. The molecule has 8 nitrogen and oxygen atoms in total. The Kier molecular flexibility index (Phi) is 6.18. The lowest BCUT2D eigenvalue weighted by molar-refractivity contribution is -0.115. The van der Waals surface area contributed by atoms with Crippen LogP contribution in [0.4, 0.5) is 49.9 Å². The summed E-state index contributed by atoms with van der Waals surface area (Å²) < 4.78 is 67.0. The molecule has 0 fully saturated rings. The number of hydrogen-bond acceptors (Lipinski definition) is 6. The van der Waals surface area contributed by atoms with E-state index in [-0.39, 0.29) is 29.9 Å². The van der Waals surface area contributed by atoms with Crippen molar-refractivity contribution in [1.82, 2.24) is 15.0 Å². The molecular formula is C21H17F5N6O2. The van der Waals surface area contributed by atoms with Crippen molar-refractivity contribution in [2.45, 2.75) is 26.3 Å². The smallest absolute Gasteiger partial charge is 0.405 e. The highest BCUT2D eigenvalue weighted by molar-refractivity contribution is 6.10. The number of aromatic nitrogens is 3. The normalized spacial score (nSPS) is 13.8. The van der Waals surface area contributed by atoms with Crippen molar-refractivity contribution < 1.29 is 31.5 Å². The molecule has 13 heteroatoms. The van der Waals surface area contributed by atoms with Gasteiger partial charge in [0.25, 0.3) is 0 Å². The SMILES string of the molecule is Cc1ccc(N2Cc3cnc(NCC(F)(F)F)nc3N(c3ccc(OC(F)F)nc3)C2=O)cc1. The van der Waals surface area contributed by atoms with Crippen LogP contribution in [0, 0.1) is 6.92 Å². The Hall–Kier alpha value is -4.03. The topological polar surface area (TPSA) is 83.5 Å². The second kappa shape index (κ2) is 9.08. The number of aryl methyl sites for hydroxylation is 1. The summed E-state index contributed by atoms with van der Waals surface area (Å²) in [6.07, 6.45) is -2.05. The standard InChI is InChI=1S/C21H17F5N6O2/c1-12-2-4-14(5-3-12)31-10-13-8-28-19(29-11-21(24,25)26)30-17(13)32(20(31)33)15-6-7-16(27-9-15)34-18(22)23/h2-9,18H,10-11H2,1H3,(H,28,29,30). The quantitative estimate of drug-likeness (QED) is 0.498. The zero-order valence-electron chi connectivity index (χ0n) is 17.6. The van der Waals surface area contributed by atoms with Gasteiger partial charge >= 0.3 is 18.8 Å². The van der Waals surface area contributed by atoms with E-state index in [9.17, 15) is 26.7 Å². The molecule has 2 aromatic heterocycles. The molecular weight excluding hydrogens is 463 g/mol. The molecule has 2 amide bonds. The number of carbonyl (C=O) groups excluding carboxylic acids is 1. The monoisotopic (exact) mass is 480 g/mol. The lowest BCUT2D eigenvalue weighted by Gasteiger charge is -2.36. The number of nitrogens with zero attached hydrogens (tertiary/aromatic N) is 5. The molecule has 0 saturated heterocycles. The largest absolute Gasteiger partial charge is 0.417 e. The maximum Gasteiger partial charge on any atom is 0.405 e. The number of ether oxygens (including phenoxy) is 1. The molecule has 0 radical (unpaired) electrons. The molecule has 34 heavy (non-hydrogen) atoms. The molecule has 4 rings (SSSR count). The van der Waals surface area contributed by atoms with Crippen molar-refractivity contribution in [3.05, 3.63) is 59.9 Å². The summed E-state index contributed by atoms with van der Waals surface area (Å²) in [7, 11) is 0. The Morgan fingerprint density at radius 3 is 2.38 bits per heavy atom. The van der Waals surface area contributed by atoms with Gasteiger partial charge in [-0.15, -0.1) is 0 Å². The zero-order valence-corrected chi connectivity index (χ0v) is 17.6. The third-order valence-corrected chi connectivity index (χ3v) is 4.79. The number of benzene rings is 1. The van der Waals surface area contributed by atoms with E-state index in [0.29, 0.717) is 11.3 Å². The van der Waals surface area contributed by atoms with Crippen LogP contribution in [-0.2, 0) is 6.54 Å². The molecule has 0 aliphatic carbocycles. The van der Waals surface area contributed by atoms with E-state index in [2.05, 4.69) is 25.0 Å². The predicted octanol–water partition coefficient (Wildman–Crippen LogP) is 5.03. The summed E-state index contributed by atoms with van der Waals surface area (Å²) in [5, 5.41) is 2.08. The lowest BCUT2D eigenvalue weighted by Crippen LogP contribution is -2.45. The summed E-state index contributed by atoms with van der Waals surface area (Å²) in [6, 6.07) is 9.02. The number of fused-ring (bicyclic) bond motifs is 1. The summed E-state index contributed by atoms with van der Waals surface area (Å²) in [6.45, 7) is -2.49. The highest BCUT2D eigenvalue weighted by Crippen LogP contribution is 2.36. The van der Waals surface area contributed by atoms with Gasteiger partial charge in [-0.2, -0.15) is 26.9 Å². The van der Waals surface area contributed by atoms with Crippen molar-refractivity contribution in [2.24, 2.45) is 0 Å². The third-order valence-electron chi connectivity index (χ3n) is 4.79. The van der Waals surface area contributed by atoms with Crippen LogP contribution in [0.2, 0.25) is 0 Å². The van der Waals surface area contributed by atoms with Crippen molar-refractivity contribution in [1.29, 1.82) is 0 Å². The van der Waals surface area contributed by atoms with Gasteiger partial charge in [-0.05, 0) is 25.1 Å². The molecule has 3 heterocycles. The van der Waals surface area contributed by atoms with E-state index >= 15 is 0 Å². The van der Waals surface area contributed by atoms with Crippen LogP contribution in [-0.4, -0.2) is 40.3 Å². The van der Waals surface area contributed by atoms with E-state index in [4.69, 9.17) is 0 Å². The van der Waals surface area contributed by atoms with Crippen LogP contribution in [0.1, 0.15) is 11.1 Å². The molecule has 0 spiro atoms. The number of rotatable bonds is 6. The van der Waals surface area contributed by atoms with Crippen LogP contribution in [0.15, 0.2) is 48.8 Å². The second-order valence-electron chi connectivity index (χ2n) is 7.28. The number of hydrogen-bond donors (Lipinski definition) is 1. The Labute approximate surface area is 190 Å². The molecule has 1 aromatic carbocycles. The number of pyridine rings is 1. The van der Waals surface area contributed by atoms with Gasteiger partial charge in [0.1, 0.15) is 6.54 Å². The molecule has 0 bridgehead atoms. The number of amides is 2. The first-order chi connectivity index (χ1) is 16.1. The van der Waals surface area contributed by atoms with Gasteiger partial charge in [0.2, 0.25) is 11.8 Å². The minimum absolute atomic E-state index is 0.0392. The van der Waals surface area contributed by atoms with Gasteiger partial charge in [0, 0.05) is 23.5 Å². The van der Waals surface area contributed by atoms with E-state index in [1.165, 1.54) is 17.2 Å². The van der Waals surface area contributed by atoms with Crippen LogP contribution >= 0.6 is 0 Å². The fourth-order valence-corrected chi connectivity index (χ4v) is 3.24. The number of alkyl halides is 5.